The van der Waals surface area contributed by atoms with Crippen LogP contribution in [0.15, 0.2) is 24.3 Å². The van der Waals surface area contributed by atoms with E-state index in [0.717, 1.165) is 38.5 Å². The summed E-state index contributed by atoms with van der Waals surface area (Å²) in [5.74, 6) is 0.982. The van der Waals surface area contributed by atoms with Crippen molar-refractivity contribution in [2.45, 2.75) is 40.2 Å². The standard InChI is InChI=1S/C18H30N2O/c1-15-7-5-8-16(13-15)21-12-11-20-10-6-9-19-17(14-20)18(2,3)4/h5,7-8,13,17,19H,6,9-12,14H2,1-4H3. The van der Waals surface area contributed by atoms with Gasteiger partial charge in [0.2, 0.25) is 0 Å². The van der Waals surface area contributed by atoms with Gasteiger partial charge in [-0.2, -0.15) is 0 Å². The Hall–Kier alpha value is -1.06. The number of hydrogen-bond acceptors (Lipinski definition) is 3. The highest BCUT2D eigenvalue weighted by Crippen LogP contribution is 2.21. The number of rotatable bonds is 4. The maximum Gasteiger partial charge on any atom is 0.119 e. The van der Waals surface area contributed by atoms with Gasteiger partial charge in [0.05, 0.1) is 0 Å². The second-order valence-corrected chi connectivity index (χ2v) is 7.19. The van der Waals surface area contributed by atoms with Gasteiger partial charge in [-0.1, -0.05) is 32.9 Å². The van der Waals surface area contributed by atoms with Crippen LogP contribution in [0.5, 0.6) is 5.75 Å². The molecule has 1 aliphatic heterocycles. The summed E-state index contributed by atoms with van der Waals surface area (Å²) in [4.78, 5) is 2.53. The molecular formula is C18H30N2O. The van der Waals surface area contributed by atoms with E-state index in [9.17, 15) is 0 Å². The van der Waals surface area contributed by atoms with E-state index in [0.29, 0.717) is 11.5 Å². The van der Waals surface area contributed by atoms with Crippen molar-refractivity contribution < 1.29 is 4.74 Å². The van der Waals surface area contributed by atoms with Crippen LogP contribution < -0.4 is 10.1 Å². The van der Waals surface area contributed by atoms with Crippen molar-refractivity contribution in [3.05, 3.63) is 29.8 Å². The van der Waals surface area contributed by atoms with Gasteiger partial charge in [0, 0.05) is 19.1 Å². The van der Waals surface area contributed by atoms with Crippen LogP contribution in [0.4, 0.5) is 0 Å². The molecule has 21 heavy (non-hydrogen) atoms. The molecule has 0 aromatic heterocycles. The summed E-state index contributed by atoms with van der Waals surface area (Å²) < 4.78 is 5.89. The molecule has 1 aromatic rings. The minimum atomic E-state index is 0.306. The molecule has 1 unspecified atom stereocenters. The van der Waals surface area contributed by atoms with Crippen LogP contribution in [-0.4, -0.2) is 43.7 Å². The largest absolute Gasteiger partial charge is 0.492 e. The molecule has 0 radical (unpaired) electrons. The molecule has 118 valence electrons. The third-order valence-corrected chi connectivity index (χ3v) is 4.19. The van der Waals surface area contributed by atoms with Crippen LogP contribution in [0.3, 0.4) is 0 Å². The fourth-order valence-corrected chi connectivity index (χ4v) is 2.77. The molecule has 2 rings (SSSR count). The third-order valence-electron chi connectivity index (χ3n) is 4.19. The number of hydrogen-bond donors (Lipinski definition) is 1. The number of nitrogens with one attached hydrogen (secondary N) is 1. The Balaban J connectivity index is 1.81. The lowest BCUT2D eigenvalue weighted by atomic mass is 9.86. The van der Waals surface area contributed by atoms with E-state index in [1.807, 2.05) is 6.07 Å². The van der Waals surface area contributed by atoms with Crippen LogP contribution in [-0.2, 0) is 0 Å². The number of ether oxygens (including phenoxy) is 1. The normalized spacial score (nSPS) is 21.0. The summed E-state index contributed by atoms with van der Waals surface area (Å²) in [6, 6.07) is 8.84. The Morgan fingerprint density at radius 2 is 2.14 bits per heavy atom. The second kappa shape index (κ2) is 7.28. The van der Waals surface area contributed by atoms with Crippen LogP contribution in [0.2, 0.25) is 0 Å². The van der Waals surface area contributed by atoms with Gasteiger partial charge in [-0.3, -0.25) is 4.90 Å². The van der Waals surface area contributed by atoms with Crippen molar-refractivity contribution in [1.82, 2.24) is 10.2 Å². The Kier molecular flexibility index (Phi) is 5.65. The summed E-state index contributed by atoms with van der Waals surface area (Å²) in [6.07, 6.45) is 1.22. The van der Waals surface area contributed by atoms with Crippen LogP contribution in [0.1, 0.15) is 32.8 Å². The van der Waals surface area contributed by atoms with Gasteiger partial charge < -0.3 is 10.1 Å². The van der Waals surface area contributed by atoms with Gasteiger partial charge in [0.15, 0.2) is 0 Å². The zero-order valence-electron chi connectivity index (χ0n) is 14.0. The molecule has 0 amide bonds. The first-order chi connectivity index (χ1) is 9.95. The third kappa shape index (κ3) is 5.33. The lowest BCUT2D eigenvalue weighted by Gasteiger charge is -2.33. The van der Waals surface area contributed by atoms with Gasteiger partial charge in [0.1, 0.15) is 12.4 Å². The Bertz CT molecular complexity index is 439. The monoisotopic (exact) mass is 290 g/mol. The SMILES string of the molecule is Cc1cccc(OCCN2CCCNC(C(C)(C)C)C2)c1. The van der Waals surface area contributed by atoms with Gasteiger partial charge in [-0.05, 0) is 49.5 Å². The van der Waals surface area contributed by atoms with E-state index >= 15 is 0 Å². The molecule has 1 N–H and O–H groups in total. The maximum atomic E-state index is 5.89. The van der Waals surface area contributed by atoms with Crippen molar-refractivity contribution in [3.8, 4) is 5.75 Å². The highest BCUT2D eigenvalue weighted by atomic mass is 16.5. The smallest absolute Gasteiger partial charge is 0.119 e. The van der Waals surface area contributed by atoms with Gasteiger partial charge >= 0.3 is 0 Å². The van der Waals surface area contributed by atoms with Crippen molar-refractivity contribution >= 4 is 0 Å². The van der Waals surface area contributed by atoms with Gasteiger partial charge in [0.25, 0.3) is 0 Å². The van der Waals surface area contributed by atoms with E-state index in [2.05, 4.69) is 56.1 Å². The molecule has 0 saturated carbocycles. The Labute approximate surface area is 129 Å². The summed E-state index contributed by atoms with van der Waals surface area (Å²) >= 11 is 0. The summed E-state index contributed by atoms with van der Waals surface area (Å²) in [6.45, 7) is 14.2. The molecule has 0 aliphatic carbocycles. The number of aryl methyl sites for hydroxylation is 1. The molecule has 1 aliphatic rings. The molecule has 3 nitrogen and oxygen atoms in total. The first kappa shape index (κ1) is 16.3. The maximum absolute atomic E-state index is 5.89. The lowest BCUT2D eigenvalue weighted by molar-refractivity contribution is 0.171. The van der Waals surface area contributed by atoms with Gasteiger partial charge in [-0.25, -0.2) is 0 Å². The zero-order valence-corrected chi connectivity index (χ0v) is 14.0. The molecule has 0 bridgehead atoms. The Morgan fingerprint density at radius 3 is 2.86 bits per heavy atom. The molecular weight excluding hydrogens is 260 g/mol. The predicted octanol–water partition coefficient (Wildman–Crippen LogP) is 3.08. The average molecular weight is 290 g/mol. The quantitative estimate of drug-likeness (QED) is 0.922. The van der Waals surface area contributed by atoms with Crippen LogP contribution >= 0.6 is 0 Å². The van der Waals surface area contributed by atoms with E-state index in [4.69, 9.17) is 4.74 Å². The van der Waals surface area contributed by atoms with Crippen molar-refractivity contribution in [1.29, 1.82) is 0 Å². The van der Waals surface area contributed by atoms with E-state index in [1.165, 1.54) is 12.0 Å². The summed E-state index contributed by atoms with van der Waals surface area (Å²) in [5.41, 5.74) is 1.55. The molecule has 3 heteroatoms. The summed E-state index contributed by atoms with van der Waals surface area (Å²) in [7, 11) is 0. The minimum Gasteiger partial charge on any atom is -0.492 e. The highest BCUT2D eigenvalue weighted by Gasteiger charge is 2.27. The molecule has 1 aromatic carbocycles. The average Bonchev–Trinajstić information content (AvgIpc) is 2.64. The van der Waals surface area contributed by atoms with Crippen molar-refractivity contribution in [2.24, 2.45) is 5.41 Å². The van der Waals surface area contributed by atoms with Crippen molar-refractivity contribution in [2.75, 3.05) is 32.8 Å². The topological polar surface area (TPSA) is 24.5 Å². The molecule has 1 atom stereocenters. The zero-order chi connectivity index (χ0) is 15.3. The first-order valence-electron chi connectivity index (χ1n) is 8.10. The van der Waals surface area contributed by atoms with E-state index < -0.39 is 0 Å². The lowest BCUT2D eigenvalue weighted by Crippen LogP contribution is -2.46. The van der Waals surface area contributed by atoms with E-state index in [1.54, 1.807) is 0 Å². The molecule has 0 spiro atoms. The highest BCUT2D eigenvalue weighted by molar-refractivity contribution is 5.27. The minimum absolute atomic E-state index is 0.306. The Morgan fingerprint density at radius 1 is 1.33 bits per heavy atom. The first-order valence-corrected chi connectivity index (χ1v) is 8.10. The molecule has 1 saturated heterocycles. The van der Waals surface area contributed by atoms with Gasteiger partial charge in [-0.15, -0.1) is 0 Å². The number of nitrogens with zero attached hydrogens (tertiary/aromatic N) is 1. The van der Waals surface area contributed by atoms with Crippen molar-refractivity contribution in [3.63, 3.8) is 0 Å². The molecule has 1 fully saturated rings. The second-order valence-electron chi connectivity index (χ2n) is 7.19. The number of benzene rings is 1. The molecule has 1 heterocycles. The van der Waals surface area contributed by atoms with Crippen LogP contribution in [0, 0.1) is 12.3 Å². The predicted molar refractivity (Wildman–Crippen MR) is 89.0 cm³/mol. The fraction of sp³-hybridized carbons (Fsp3) is 0.667. The fourth-order valence-electron chi connectivity index (χ4n) is 2.77. The van der Waals surface area contributed by atoms with E-state index in [-0.39, 0.29) is 0 Å². The van der Waals surface area contributed by atoms with Crippen LogP contribution in [0.25, 0.3) is 0 Å². The summed E-state index contributed by atoms with van der Waals surface area (Å²) in [5, 5.41) is 3.68.